The topological polar surface area (TPSA) is 61.2 Å². The molecule has 1 aromatic heterocycles. The van der Waals surface area contributed by atoms with Gasteiger partial charge in [0.25, 0.3) is 0 Å². The lowest BCUT2D eigenvalue weighted by Crippen LogP contribution is -3.13. The number of hydrogen-bond donors (Lipinski definition) is 1. The zero-order valence-electron chi connectivity index (χ0n) is 13.7. The van der Waals surface area contributed by atoms with Crippen molar-refractivity contribution in [3.63, 3.8) is 0 Å². The number of fused-ring (bicyclic) bond motifs is 1. The molecular weight excluding hydrogens is 308 g/mol. The average Bonchev–Trinajstić information content (AvgIpc) is 3.10. The summed E-state index contributed by atoms with van der Waals surface area (Å²) in [5.74, 6) is 3.05. The van der Waals surface area contributed by atoms with Gasteiger partial charge in [0.2, 0.25) is 18.6 Å². The third kappa shape index (κ3) is 3.07. The van der Waals surface area contributed by atoms with E-state index in [1.54, 1.807) is 24.3 Å². The lowest BCUT2D eigenvalue weighted by atomic mass is 10.1. The summed E-state index contributed by atoms with van der Waals surface area (Å²) < 4.78 is 16.0. The third-order valence-electron chi connectivity index (χ3n) is 4.47. The number of rotatable bonds is 4. The molecule has 24 heavy (non-hydrogen) atoms. The molecule has 1 N–H and O–H groups in total. The van der Waals surface area contributed by atoms with E-state index in [1.807, 2.05) is 6.07 Å². The van der Waals surface area contributed by atoms with Crippen molar-refractivity contribution in [1.82, 2.24) is 9.97 Å². The highest BCUT2D eigenvalue weighted by atomic mass is 16.7. The Labute approximate surface area is 140 Å². The summed E-state index contributed by atoms with van der Waals surface area (Å²) in [6, 6.07) is 7.98. The zero-order valence-corrected chi connectivity index (χ0v) is 13.7. The van der Waals surface area contributed by atoms with E-state index in [9.17, 15) is 0 Å². The normalized spacial score (nSPS) is 17.1. The lowest BCUT2D eigenvalue weighted by molar-refractivity contribution is -0.914. The number of quaternary nitrogens is 1. The molecule has 0 radical (unpaired) electrons. The molecular formula is C17H21N4O3+. The largest absolute Gasteiger partial charge is 0.481 e. The average molecular weight is 329 g/mol. The molecule has 7 heteroatoms. The minimum absolute atomic E-state index is 0.324. The van der Waals surface area contributed by atoms with E-state index >= 15 is 0 Å². The van der Waals surface area contributed by atoms with Crippen LogP contribution in [0.25, 0.3) is 0 Å². The maximum atomic E-state index is 5.46. The Morgan fingerprint density at radius 2 is 2.00 bits per heavy atom. The first-order chi connectivity index (χ1) is 11.8. The summed E-state index contributed by atoms with van der Waals surface area (Å²) in [7, 11) is 1.62. The van der Waals surface area contributed by atoms with Gasteiger partial charge >= 0.3 is 0 Å². The van der Waals surface area contributed by atoms with Crippen LogP contribution >= 0.6 is 0 Å². The molecule has 0 amide bonds. The Bertz CT molecular complexity index is 717. The number of piperazine rings is 1. The van der Waals surface area contributed by atoms with E-state index in [0.29, 0.717) is 12.7 Å². The van der Waals surface area contributed by atoms with E-state index in [0.717, 1.165) is 50.2 Å². The SMILES string of the molecule is COc1ccnc(N2CC[NH+](Cc3ccc4c(c3)OCO4)CC2)n1. The molecule has 0 saturated carbocycles. The number of hydrogen-bond acceptors (Lipinski definition) is 6. The molecule has 0 atom stereocenters. The Morgan fingerprint density at radius 3 is 2.83 bits per heavy atom. The molecule has 1 fully saturated rings. The van der Waals surface area contributed by atoms with Gasteiger partial charge in [0.05, 0.1) is 33.3 Å². The Kier molecular flexibility index (Phi) is 4.08. The fourth-order valence-corrected chi connectivity index (χ4v) is 3.14. The second-order valence-corrected chi connectivity index (χ2v) is 6.00. The molecule has 0 aliphatic carbocycles. The van der Waals surface area contributed by atoms with Crippen LogP contribution in [0.3, 0.4) is 0 Å². The molecule has 2 aliphatic rings. The zero-order chi connectivity index (χ0) is 16.4. The minimum atomic E-state index is 0.324. The molecule has 7 nitrogen and oxygen atoms in total. The molecule has 2 aromatic rings. The van der Waals surface area contributed by atoms with Gasteiger partial charge in [0.1, 0.15) is 6.54 Å². The standard InChI is InChI=1S/C17H20N4O3/c1-22-16-4-5-18-17(19-16)21-8-6-20(7-9-21)11-13-2-3-14-15(10-13)24-12-23-14/h2-5,10H,6-9,11-12H2,1H3/p+1. The van der Waals surface area contributed by atoms with E-state index in [2.05, 4.69) is 27.0 Å². The van der Waals surface area contributed by atoms with Crippen LogP contribution in [0.1, 0.15) is 5.56 Å². The van der Waals surface area contributed by atoms with Gasteiger partial charge in [0.15, 0.2) is 11.5 Å². The van der Waals surface area contributed by atoms with Gasteiger partial charge in [-0.3, -0.25) is 0 Å². The maximum Gasteiger partial charge on any atom is 0.231 e. The highest BCUT2D eigenvalue weighted by Crippen LogP contribution is 2.32. The maximum absolute atomic E-state index is 5.46. The van der Waals surface area contributed by atoms with E-state index < -0.39 is 0 Å². The van der Waals surface area contributed by atoms with Crippen molar-refractivity contribution in [3.8, 4) is 17.4 Å². The molecule has 4 rings (SSSR count). The summed E-state index contributed by atoms with van der Waals surface area (Å²) in [4.78, 5) is 12.5. The van der Waals surface area contributed by atoms with Crippen molar-refractivity contribution in [2.24, 2.45) is 0 Å². The van der Waals surface area contributed by atoms with Crippen molar-refractivity contribution >= 4 is 5.95 Å². The van der Waals surface area contributed by atoms with Crippen LogP contribution < -0.4 is 24.0 Å². The van der Waals surface area contributed by atoms with Crippen molar-refractivity contribution in [3.05, 3.63) is 36.0 Å². The fraction of sp³-hybridized carbons (Fsp3) is 0.412. The number of benzene rings is 1. The molecule has 1 aromatic carbocycles. The van der Waals surface area contributed by atoms with Crippen molar-refractivity contribution in [2.75, 3.05) is 45.0 Å². The highest BCUT2D eigenvalue weighted by molar-refractivity contribution is 5.44. The second kappa shape index (κ2) is 6.52. The number of nitrogens with zero attached hydrogens (tertiary/aromatic N) is 3. The molecule has 2 aliphatic heterocycles. The molecule has 1 saturated heterocycles. The fourth-order valence-electron chi connectivity index (χ4n) is 3.14. The summed E-state index contributed by atoms with van der Waals surface area (Å²) in [6.45, 7) is 5.29. The number of anilines is 1. The molecule has 3 heterocycles. The predicted octanol–water partition coefficient (Wildman–Crippen LogP) is 0.119. The van der Waals surface area contributed by atoms with E-state index in [4.69, 9.17) is 14.2 Å². The second-order valence-electron chi connectivity index (χ2n) is 6.00. The first-order valence-corrected chi connectivity index (χ1v) is 8.16. The van der Waals surface area contributed by atoms with Crippen LogP contribution in [-0.2, 0) is 6.54 Å². The van der Waals surface area contributed by atoms with E-state index in [1.165, 1.54) is 5.56 Å². The van der Waals surface area contributed by atoms with Crippen LogP contribution in [0.5, 0.6) is 17.4 Å². The Hall–Kier alpha value is -2.54. The van der Waals surface area contributed by atoms with Gasteiger partial charge in [-0.1, -0.05) is 0 Å². The van der Waals surface area contributed by atoms with Crippen LogP contribution in [0.2, 0.25) is 0 Å². The van der Waals surface area contributed by atoms with E-state index in [-0.39, 0.29) is 0 Å². The van der Waals surface area contributed by atoms with Crippen LogP contribution in [0, 0.1) is 0 Å². The monoisotopic (exact) mass is 329 g/mol. The van der Waals surface area contributed by atoms with Gasteiger partial charge < -0.3 is 24.0 Å². The van der Waals surface area contributed by atoms with Crippen LogP contribution in [0.4, 0.5) is 5.95 Å². The Morgan fingerprint density at radius 1 is 1.17 bits per heavy atom. The van der Waals surface area contributed by atoms with Crippen LogP contribution in [0.15, 0.2) is 30.5 Å². The molecule has 0 unspecified atom stereocenters. The number of aromatic nitrogens is 2. The summed E-state index contributed by atoms with van der Waals surface area (Å²) in [5.41, 5.74) is 1.28. The quantitative estimate of drug-likeness (QED) is 0.860. The number of nitrogens with one attached hydrogen (secondary N) is 1. The lowest BCUT2D eigenvalue weighted by Gasteiger charge is -2.32. The minimum Gasteiger partial charge on any atom is -0.481 e. The van der Waals surface area contributed by atoms with Gasteiger partial charge in [-0.05, 0) is 18.2 Å². The number of methoxy groups -OCH3 is 1. The first kappa shape index (κ1) is 15.0. The summed E-state index contributed by atoms with van der Waals surface area (Å²) >= 11 is 0. The molecule has 0 spiro atoms. The summed E-state index contributed by atoms with van der Waals surface area (Å²) in [5, 5.41) is 0. The van der Waals surface area contributed by atoms with Gasteiger partial charge in [-0.2, -0.15) is 4.98 Å². The van der Waals surface area contributed by atoms with Crippen molar-refractivity contribution in [2.45, 2.75) is 6.54 Å². The third-order valence-corrected chi connectivity index (χ3v) is 4.47. The summed E-state index contributed by atoms with van der Waals surface area (Å²) in [6.07, 6.45) is 1.74. The smallest absolute Gasteiger partial charge is 0.231 e. The van der Waals surface area contributed by atoms with Crippen LogP contribution in [-0.4, -0.2) is 50.0 Å². The molecule has 0 bridgehead atoms. The predicted molar refractivity (Wildman–Crippen MR) is 87.8 cm³/mol. The molecule has 126 valence electrons. The number of ether oxygens (including phenoxy) is 3. The van der Waals surface area contributed by atoms with Crippen molar-refractivity contribution in [1.29, 1.82) is 0 Å². The van der Waals surface area contributed by atoms with Gasteiger partial charge in [0, 0.05) is 17.8 Å². The highest BCUT2D eigenvalue weighted by Gasteiger charge is 2.23. The first-order valence-electron chi connectivity index (χ1n) is 8.16. The van der Waals surface area contributed by atoms with Crippen molar-refractivity contribution < 1.29 is 19.1 Å². The van der Waals surface area contributed by atoms with Gasteiger partial charge in [-0.25, -0.2) is 4.98 Å². The Balaban J connectivity index is 1.36. The van der Waals surface area contributed by atoms with Gasteiger partial charge in [-0.15, -0.1) is 0 Å².